The number of ether oxygens (including phenoxy) is 1. The first-order valence-corrected chi connectivity index (χ1v) is 13.4. The SMILES string of the molecule is CCOCCc1ccc(C2CCC(N3CC(NC(=O)CNC(=O)c4cccc(C(F)(F)F)c4)C3)CC2)cc1. The largest absolute Gasteiger partial charge is 0.416 e. The Morgan fingerprint density at radius 2 is 1.74 bits per heavy atom. The number of rotatable bonds is 10. The van der Waals surface area contributed by atoms with Gasteiger partial charge in [-0.2, -0.15) is 13.2 Å². The molecule has 1 saturated carbocycles. The zero-order valence-electron chi connectivity index (χ0n) is 21.7. The molecule has 2 aromatic carbocycles. The summed E-state index contributed by atoms with van der Waals surface area (Å²) in [6, 6.07) is 13.6. The van der Waals surface area contributed by atoms with Crippen LogP contribution in [0.25, 0.3) is 0 Å². The second kappa shape index (κ2) is 12.8. The van der Waals surface area contributed by atoms with Crippen molar-refractivity contribution in [2.24, 2.45) is 0 Å². The quantitative estimate of drug-likeness (QED) is 0.442. The van der Waals surface area contributed by atoms with Crippen LogP contribution >= 0.6 is 0 Å². The highest BCUT2D eigenvalue weighted by atomic mass is 19.4. The van der Waals surface area contributed by atoms with E-state index in [4.69, 9.17) is 4.74 Å². The minimum Gasteiger partial charge on any atom is -0.381 e. The summed E-state index contributed by atoms with van der Waals surface area (Å²) in [4.78, 5) is 26.8. The van der Waals surface area contributed by atoms with E-state index in [1.165, 1.54) is 23.3 Å². The van der Waals surface area contributed by atoms with Gasteiger partial charge in [-0.25, -0.2) is 0 Å². The molecule has 2 N–H and O–H groups in total. The summed E-state index contributed by atoms with van der Waals surface area (Å²) in [6.07, 6.45) is 0.971. The molecule has 1 saturated heterocycles. The van der Waals surface area contributed by atoms with Crippen LogP contribution in [-0.4, -0.2) is 61.6 Å². The highest BCUT2D eigenvalue weighted by Gasteiger charge is 2.35. The molecule has 2 amide bonds. The van der Waals surface area contributed by atoms with Crippen LogP contribution < -0.4 is 10.6 Å². The molecule has 2 fully saturated rings. The number of likely N-dealkylation sites (tertiary alicyclic amines) is 1. The lowest BCUT2D eigenvalue weighted by molar-refractivity contribution is -0.137. The minimum absolute atomic E-state index is 0.0231. The average Bonchev–Trinajstić information content (AvgIpc) is 2.89. The van der Waals surface area contributed by atoms with Crippen molar-refractivity contribution < 1.29 is 27.5 Å². The summed E-state index contributed by atoms with van der Waals surface area (Å²) in [5.41, 5.74) is 1.68. The van der Waals surface area contributed by atoms with Crippen molar-refractivity contribution in [3.63, 3.8) is 0 Å². The smallest absolute Gasteiger partial charge is 0.381 e. The summed E-state index contributed by atoms with van der Waals surface area (Å²) in [5, 5.41) is 5.31. The first-order valence-electron chi connectivity index (χ1n) is 13.4. The fraction of sp³-hybridized carbons (Fsp3) is 0.517. The lowest BCUT2D eigenvalue weighted by atomic mass is 9.80. The highest BCUT2D eigenvalue weighted by molar-refractivity contribution is 5.96. The van der Waals surface area contributed by atoms with Gasteiger partial charge in [0.05, 0.1) is 24.8 Å². The molecule has 0 bridgehead atoms. The van der Waals surface area contributed by atoms with E-state index in [2.05, 4.69) is 39.8 Å². The molecule has 2 aliphatic rings. The van der Waals surface area contributed by atoms with E-state index in [1.54, 1.807) is 0 Å². The van der Waals surface area contributed by atoms with Gasteiger partial charge >= 0.3 is 6.18 Å². The van der Waals surface area contributed by atoms with Crippen LogP contribution in [0.2, 0.25) is 0 Å². The Hall–Kier alpha value is -2.91. The van der Waals surface area contributed by atoms with Gasteiger partial charge in [0.2, 0.25) is 5.91 Å². The maximum absolute atomic E-state index is 12.9. The van der Waals surface area contributed by atoms with Crippen molar-refractivity contribution >= 4 is 11.8 Å². The molecule has 0 radical (unpaired) electrons. The van der Waals surface area contributed by atoms with E-state index in [0.717, 1.165) is 70.5 Å². The third-order valence-electron chi connectivity index (χ3n) is 7.54. The van der Waals surface area contributed by atoms with Crippen molar-refractivity contribution in [3.05, 3.63) is 70.8 Å². The zero-order valence-corrected chi connectivity index (χ0v) is 21.7. The Morgan fingerprint density at radius 3 is 2.39 bits per heavy atom. The van der Waals surface area contributed by atoms with Gasteiger partial charge in [0.25, 0.3) is 5.91 Å². The van der Waals surface area contributed by atoms with Crippen LogP contribution in [0.5, 0.6) is 0 Å². The van der Waals surface area contributed by atoms with Crippen LogP contribution in [0, 0.1) is 0 Å². The number of amides is 2. The fourth-order valence-corrected chi connectivity index (χ4v) is 5.35. The maximum atomic E-state index is 12.9. The number of nitrogens with zero attached hydrogens (tertiary/aromatic N) is 1. The molecule has 2 aromatic rings. The standard InChI is InChI=1S/C29H36F3N3O3/c1-2-38-15-14-20-6-8-21(9-7-20)22-10-12-26(13-11-22)35-18-25(19-35)34-27(36)17-33-28(37)23-4-3-5-24(16-23)29(30,31)32/h3-9,16,22,25-26H,2,10-15,17-19H2,1H3,(H,33,37)(H,34,36). The minimum atomic E-state index is -4.53. The first-order chi connectivity index (χ1) is 18.2. The number of hydrogen-bond acceptors (Lipinski definition) is 4. The summed E-state index contributed by atoms with van der Waals surface area (Å²) < 4.78 is 44.0. The lowest BCUT2D eigenvalue weighted by Gasteiger charge is -2.46. The highest BCUT2D eigenvalue weighted by Crippen LogP contribution is 2.36. The molecule has 0 unspecified atom stereocenters. The van der Waals surface area contributed by atoms with Gasteiger partial charge in [-0.1, -0.05) is 30.3 Å². The van der Waals surface area contributed by atoms with Gasteiger partial charge in [0.15, 0.2) is 0 Å². The zero-order chi connectivity index (χ0) is 27.1. The van der Waals surface area contributed by atoms with Crippen molar-refractivity contribution in [3.8, 4) is 0 Å². The molecular weight excluding hydrogens is 495 g/mol. The molecule has 38 heavy (non-hydrogen) atoms. The van der Waals surface area contributed by atoms with E-state index in [0.29, 0.717) is 12.0 Å². The van der Waals surface area contributed by atoms with Gasteiger partial charge in [-0.3, -0.25) is 14.5 Å². The number of carbonyl (C=O) groups is 2. The van der Waals surface area contributed by atoms with Gasteiger partial charge in [0.1, 0.15) is 0 Å². The van der Waals surface area contributed by atoms with Crippen LogP contribution in [0.1, 0.15) is 65.6 Å². The molecular formula is C29H36F3N3O3. The summed E-state index contributed by atoms with van der Waals surface area (Å²) >= 11 is 0. The van der Waals surface area contributed by atoms with Crippen molar-refractivity contribution in [2.45, 2.75) is 63.2 Å². The van der Waals surface area contributed by atoms with Crippen molar-refractivity contribution in [2.75, 3.05) is 32.8 Å². The molecule has 1 aliphatic heterocycles. The van der Waals surface area contributed by atoms with Crippen LogP contribution in [-0.2, 0) is 22.1 Å². The number of halogens is 3. The van der Waals surface area contributed by atoms with Crippen LogP contribution in [0.15, 0.2) is 48.5 Å². The number of alkyl halides is 3. The van der Waals surface area contributed by atoms with E-state index >= 15 is 0 Å². The van der Waals surface area contributed by atoms with Gasteiger partial charge < -0.3 is 15.4 Å². The van der Waals surface area contributed by atoms with Gasteiger partial charge in [0, 0.05) is 31.3 Å². The fourth-order valence-electron chi connectivity index (χ4n) is 5.35. The van der Waals surface area contributed by atoms with E-state index in [1.807, 2.05) is 6.92 Å². The molecule has 6 nitrogen and oxygen atoms in total. The first kappa shape index (κ1) is 28.1. The average molecular weight is 532 g/mol. The molecule has 4 rings (SSSR count). The molecule has 0 atom stereocenters. The maximum Gasteiger partial charge on any atom is 0.416 e. The van der Waals surface area contributed by atoms with Crippen molar-refractivity contribution in [1.82, 2.24) is 15.5 Å². The molecule has 206 valence electrons. The Balaban J connectivity index is 1.13. The molecule has 0 spiro atoms. The number of hydrogen-bond donors (Lipinski definition) is 2. The summed E-state index contributed by atoms with van der Waals surface area (Å²) in [7, 11) is 0. The third kappa shape index (κ3) is 7.57. The topological polar surface area (TPSA) is 70.7 Å². The third-order valence-corrected chi connectivity index (χ3v) is 7.54. The molecule has 1 aliphatic carbocycles. The molecule has 0 aromatic heterocycles. The van der Waals surface area contributed by atoms with E-state index in [9.17, 15) is 22.8 Å². The van der Waals surface area contributed by atoms with Crippen LogP contribution in [0.4, 0.5) is 13.2 Å². The molecule has 1 heterocycles. The Morgan fingerprint density at radius 1 is 1.03 bits per heavy atom. The summed E-state index contributed by atoms with van der Waals surface area (Å²) in [5.74, 6) is -0.466. The lowest BCUT2D eigenvalue weighted by Crippen LogP contribution is -2.63. The van der Waals surface area contributed by atoms with Crippen LogP contribution in [0.3, 0.4) is 0 Å². The van der Waals surface area contributed by atoms with E-state index in [-0.39, 0.29) is 24.1 Å². The number of carbonyl (C=O) groups excluding carboxylic acids is 2. The Kier molecular flexibility index (Phi) is 9.44. The normalized spacial score (nSPS) is 20.5. The second-order valence-electron chi connectivity index (χ2n) is 10.2. The number of nitrogens with one attached hydrogen (secondary N) is 2. The second-order valence-corrected chi connectivity index (χ2v) is 10.2. The predicted molar refractivity (Wildman–Crippen MR) is 139 cm³/mol. The monoisotopic (exact) mass is 531 g/mol. The van der Waals surface area contributed by atoms with Gasteiger partial charge in [-0.05, 0) is 74.3 Å². The number of benzene rings is 2. The van der Waals surface area contributed by atoms with Crippen molar-refractivity contribution in [1.29, 1.82) is 0 Å². The predicted octanol–water partition coefficient (Wildman–Crippen LogP) is 4.54. The Labute approximate surface area is 221 Å². The van der Waals surface area contributed by atoms with Gasteiger partial charge in [-0.15, -0.1) is 0 Å². The summed E-state index contributed by atoms with van der Waals surface area (Å²) in [6.45, 7) is 4.78. The van der Waals surface area contributed by atoms with E-state index < -0.39 is 17.6 Å². The molecule has 9 heteroatoms. The Bertz CT molecular complexity index is 1080.